The fourth-order valence-electron chi connectivity index (χ4n) is 3.97. The van der Waals surface area contributed by atoms with Crippen LogP contribution < -0.4 is 15.6 Å². The molecule has 0 aromatic carbocycles. The predicted molar refractivity (Wildman–Crippen MR) is 126 cm³/mol. The van der Waals surface area contributed by atoms with Gasteiger partial charge in [-0.05, 0) is 6.07 Å². The minimum Gasteiger partial charge on any atom is -0.477 e. The molecule has 3 aromatic heterocycles. The van der Waals surface area contributed by atoms with Gasteiger partial charge in [0.1, 0.15) is 29.9 Å². The molecule has 1 saturated heterocycles. The number of carbonyl (C=O) groups is 3. The summed E-state index contributed by atoms with van der Waals surface area (Å²) in [4.78, 5) is 48.0. The molecule has 5 heterocycles. The molecule has 3 aromatic rings. The molecule has 2 aliphatic heterocycles. The number of thioether (sulfide) groups is 1. The molecule has 0 spiro atoms. The average molecular weight is 516 g/mol. The number of amides is 2. The summed E-state index contributed by atoms with van der Waals surface area (Å²) in [6.45, 7) is 0.273. The van der Waals surface area contributed by atoms with Gasteiger partial charge >= 0.3 is 5.97 Å². The van der Waals surface area contributed by atoms with Gasteiger partial charge in [-0.3, -0.25) is 14.5 Å². The van der Waals surface area contributed by atoms with Gasteiger partial charge in [0.05, 0.1) is 6.26 Å². The molecule has 0 saturated carbocycles. The molecule has 14 heteroatoms. The van der Waals surface area contributed by atoms with Gasteiger partial charge in [0.2, 0.25) is 6.20 Å². The summed E-state index contributed by atoms with van der Waals surface area (Å²) < 4.78 is 7.22. The number of fused-ring (bicyclic) bond motifs is 2. The zero-order chi connectivity index (χ0) is 24.7. The van der Waals surface area contributed by atoms with Crippen LogP contribution in [0.2, 0.25) is 0 Å². The molecule has 2 aliphatic rings. The van der Waals surface area contributed by atoms with E-state index in [1.54, 1.807) is 17.8 Å². The summed E-state index contributed by atoms with van der Waals surface area (Å²) in [6.07, 6.45) is 5.18. The lowest BCUT2D eigenvalue weighted by atomic mass is 10.0. The molecule has 0 radical (unpaired) electrons. The molecule has 35 heavy (non-hydrogen) atoms. The molecule has 4 N–H and O–H groups in total. The van der Waals surface area contributed by atoms with E-state index in [2.05, 4.69) is 15.5 Å². The Bertz CT molecular complexity index is 1410. The number of aromatic nitrogens is 2. The summed E-state index contributed by atoms with van der Waals surface area (Å²) in [5.41, 5.74) is 6.90. The molecule has 1 unspecified atom stereocenters. The molecule has 0 bridgehead atoms. The van der Waals surface area contributed by atoms with Crippen molar-refractivity contribution in [2.45, 2.75) is 18.0 Å². The van der Waals surface area contributed by atoms with Crippen LogP contribution in [-0.4, -0.2) is 62.8 Å². The van der Waals surface area contributed by atoms with Crippen molar-refractivity contribution in [3.63, 3.8) is 0 Å². The van der Waals surface area contributed by atoms with E-state index in [0.29, 0.717) is 16.9 Å². The van der Waals surface area contributed by atoms with E-state index >= 15 is 0 Å². The zero-order valence-electron chi connectivity index (χ0n) is 18.2. The highest BCUT2D eigenvalue weighted by molar-refractivity contribution is 8.00. The number of nitrogens with two attached hydrogens (primary N) is 1. The Balaban J connectivity index is 1.36. The lowest BCUT2D eigenvalue weighted by molar-refractivity contribution is -0.688. The maximum atomic E-state index is 13.0. The van der Waals surface area contributed by atoms with Crippen LogP contribution in [0.25, 0.3) is 11.0 Å². The maximum absolute atomic E-state index is 13.0. The number of carbonyl (C=O) groups excluding carboxylic acids is 2. The van der Waals surface area contributed by atoms with E-state index in [4.69, 9.17) is 15.0 Å². The summed E-state index contributed by atoms with van der Waals surface area (Å²) >= 11 is 2.50. The monoisotopic (exact) mass is 515 g/mol. The van der Waals surface area contributed by atoms with Crippen molar-refractivity contribution < 1.29 is 33.3 Å². The van der Waals surface area contributed by atoms with Crippen molar-refractivity contribution in [3.05, 3.63) is 53.1 Å². The maximum Gasteiger partial charge on any atom is 0.352 e. The highest BCUT2D eigenvalue weighted by Crippen LogP contribution is 2.40. The number of nitrogen functional groups attached to an aromatic ring is 1. The summed E-state index contributed by atoms with van der Waals surface area (Å²) in [5.74, 6) is -2.04. The fourth-order valence-corrected chi connectivity index (χ4v) is 5.85. The van der Waals surface area contributed by atoms with Crippen molar-refractivity contribution >= 4 is 62.7 Å². The smallest absolute Gasteiger partial charge is 0.352 e. The Hall–Kier alpha value is -3.91. The second kappa shape index (κ2) is 9.03. The lowest BCUT2D eigenvalue weighted by Crippen LogP contribution is -2.71. The fraction of sp³-hybridized carbons (Fsp3) is 0.238. The van der Waals surface area contributed by atoms with Crippen molar-refractivity contribution in [1.82, 2.24) is 15.2 Å². The van der Waals surface area contributed by atoms with Crippen LogP contribution in [-0.2, 0) is 25.8 Å². The number of anilines is 1. The number of hydrogen-bond donors (Lipinski definition) is 3. The Labute approximate surface area is 206 Å². The van der Waals surface area contributed by atoms with Crippen LogP contribution in [0.4, 0.5) is 5.13 Å². The molecule has 12 nitrogen and oxygen atoms in total. The molecule has 2 atom stereocenters. The van der Waals surface area contributed by atoms with Gasteiger partial charge in [0.25, 0.3) is 11.8 Å². The van der Waals surface area contributed by atoms with E-state index in [1.807, 2.05) is 22.9 Å². The Morgan fingerprint density at radius 3 is 3.00 bits per heavy atom. The average Bonchev–Trinajstić information content (AvgIpc) is 3.48. The van der Waals surface area contributed by atoms with Crippen LogP contribution in [0.15, 0.2) is 57.0 Å². The number of rotatable bonds is 7. The minimum absolute atomic E-state index is 0.0747. The van der Waals surface area contributed by atoms with Gasteiger partial charge < -0.3 is 25.4 Å². The van der Waals surface area contributed by atoms with Gasteiger partial charge in [0, 0.05) is 28.2 Å². The standard InChI is InChI=1S/C21H18N6O6S2/c1-32-25-14(12-9-35-21(22)23-12)17(28)24-15-18(29)27-16(20(30)31)11(8-34-19(15)27)6-26-4-2-10-3-5-33-13(10)7-26/h2-5,7,9,15,19H,6,8H2,1H3,(H3-,22,23,24,28,30,31)/p+1/b25-14-/t15?,19-/m1/s1. The van der Waals surface area contributed by atoms with Crippen LogP contribution in [0.1, 0.15) is 5.69 Å². The quantitative estimate of drug-likeness (QED) is 0.176. The highest BCUT2D eigenvalue weighted by Gasteiger charge is 2.54. The largest absolute Gasteiger partial charge is 0.477 e. The number of carboxylic acid groups (broad SMARTS) is 1. The summed E-state index contributed by atoms with van der Waals surface area (Å²) in [5, 5.41) is 18.4. The van der Waals surface area contributed by atoms with Gasteiger partial charge in [-0.1, -0.05) is 5.16 Å². The van der Waals surface area contributed by atoms with Gasteiger partial charge in [0.15, 0.2) is 29.2 Å². The van der Waals surface area contributed by atoms with E-state index in [0.717, 1.165) is 16.7 Å². The van der Waals surface area contributed by atoms with Gasteiger partial charge in [-0.2, -0.15) is 4.57 Å². The number of aliphatic carboxylic acids is 1. The van der Waals surface area contributed by atoms with Gasteiger partial charge in [-0.15, -0.1) is 23.1 Å². The third-order valence-corrected chi connectivity index (χ3v) is 7.54. The number of oxime groups is 1. The van der Waals surface area contributed by atoms with Gasteiger partial charge in [-0.25, -0.2) is 9.78 Å². The van der Waals surface area contributed by atoms with Crippen molar-refractivity contribution in [2.24, 2.45) is 5.16 Å². The number of nitrogens with one attached hydrogen (secondary N) is 1. The zero-order valence-corrected chi connectivity index (χ0v) is 19.8. The molecule has 5 rings (SSSR count). The number of furan rings is 1. The molecular formula is C21H19N6O6S2+. The predicted octanol–water partition coefficient (Wildman–Crippen LogP) is 0.548. The topological polar surface area (TPSA) is 164 Å². The van der Waals surface area contributed by atoms with Crippen LogP contribution in [0.3, 0.4) is 0 Å². The molecule has 1 fully saturated rings. The Kier molecular flexibility index (Phi) is 5.90. The number of nitrogens with zero attached hydrogens (tertiary/aromatic N) is 4. The number of hydrogen-bond acceptors (Lipinski definition) is 10. The third-order valence-electron chi connectivity index (χ3n) is 5.53. The normalized spacial score (nSPS) is 20.0. The second-order valence-electron chi connectivity index (χ2n) is 7.67. The lowest BCUT2D eigenvalue weighted by Gasteiger charge is -2.49. The number of β-lactam (4-membered cyclic amide) rings is 1. The first kappa shape index (κ1) is 22.9. The van der Waals surface area contributed by atoms with Crippen LogP contribution in [0.5, 0.6) is 0 Å². The van der Waals surface area contributed by atoms with E-state index < -0.39 is 29.2 Å². The number of pyridine rings is 1. The molecule has 2 amide bonds. The van der Waals surface area contributed by atoms with Crippen molar-refractivity contribution in [3.8, 4) is 0 Å². The Morgan fingerprint density at radius 1 is 1.46 bits per heavy atom. The summed E-state index contributed by atoms with van der Waals surface area (Å²) in [6, 6.07) is 2.78. The van der Waals surface area contributed by atoms with E-state index in [1.165, 1.54) is 23.8 Å². The number of carboxylic acids is 1. The second-order valence-corrected chi connectivity index (χ2v) is 9.66. The highest BCUT2D eigenvalue weighted by atomic mass is 32.2. The SMILES string of the molecule is CO/N=C(\C(=O)NC1C(=O)N2C(C(=O)O)=C(C[n+]3ccc4ccoc4c3)CS[C@H]12)c1csc(N)n1. The molecular weight excluding hydrogens is 496 g/mol. The Morgan fingerprint density at radius 2 is 2.29 bits per heavy atom. The molecule has 180 valence electrons. The first-order valence-electron chi connectivity index (χ1n) is 10.3. The van der Waals surface area contributed by atoms with E-state index in [9.17, 15) is 19.5 Å². The van der Waals surface area contributed by atoms with Crippen LogP contribution in [0, 0.1) is 0 Å². The minimum atomic E-state index is -1.21. The summed E-state index contributed by atoms with van der Waals surface area (Å²) in [7, 11) is 1.28. The first-order chi connectivity index (χ1) is 16.9. The third kappa shape index (κ3) is 4.10. The van der Waals surface area contributed by atoms with Crippen molar-refractivity contribution in [2.75, 3.05) is 18.6 Å². The van der Waals surface area contributed by atoms with Crippen LogP contribution >= 0.6 is 23.1 Å². The number of thiazole rings is 1. The molecule has 0 aliphatic carbocycles. The first-order valence-corrected chi connectivity index (χ1v) is 12.2. The van der Waals surface area contributed by atoms with Crippen molar-refractivity contribution in [1.29, 1.82) is 0 Å². The van der Waals surface area contributed by atoms with E-state index in [-0.39, 0.29) is 28.8 Å².